The van der Waals surface area contributed by atoms with E-state index in [0.29, 0.717) is 11.3 Å². The smallest absolute Gasteiger partial charge is 0.262 e. The van der Waals surface area contributed by atoms with Crippen molar-refractivity contribution in [2.45, 2.75) is 24.9 Å². The van der Waals surface area contributed by atoms with E-state index in [0.717, 1.165) is 4.90 Å². The maximum absolute atomic E-state index is 13.5. The number of piperidine rings is 1. The summed E-state index contributed by atoms with van der Waals surface area (Å²) in [5.74, 6) is -2.76. The Bertz CT molecular complexity index is 1100. The van der Waals surface area contributed by atoms with Crippen molar-refractivity contribution >= 4 is 40.9 Å². The monoisotopic (exact) mass is 444 g/mol. The molecule has 1 fully saturated rings. The molecule has 2 heterocycles. The lowest BCUT2D eigenvalue weighted by Crippen LogP contribution is -2.54. The third kappa shape index (κ3) is 4.01. The van der Waals surface area contributed by atoms with Crippen molar-refractivity contribution in [1.82, 2.24) is 10.2 Å². The number of rotatable bonds is 5. The van der Waals surface area contributed by atoms with E-state index in [1.165, 1.54) is 24.3 Å². The zero-order valence-corrected chi connectivity index (χ0v) is 16.9. The van der Waals surface area contributed by atoms with Crippen LogP contribution in [0.5, 0.6) is 0 Å². The molecule has 2 aliphatic heterocycles. The Morgan fingerprint density at radius 2 is 1.87 bits per heavy atom. The maximum atomic E-state index is 13.5. The predicted octanol–water partition coefficient (Wildman–Crippen LogP) is 1.99. The topological polar surface area (TPSA) is 122 Å². The summed E-state index contributed by atoms with van der Waals surface area (Å²) in [6.07, 6.45) is 0.144. The van der Waals surface area contributed by atoms with Crippen molar-refractivity contribution in [3.8, 4) is 0 Å². The van der Waals surface area contributed by atoms with Crippen LogP contribution in [0.25, 0.3) is 0 Å². The van der Waals surface area contributed by atoms with Gasteiger partial charge in [0, 0.05) is 29.7 Å². The summed E-state index contributed by atoms with van der Waals surface area (Å²) in [6.45, 7) is 0.220. The highest BCUT2D eigenvalue weighted by atomic mass is 35.5. The van der Waals surface area contributed by atoms with E-state index < -0.39 is 41.5 Å². The summed E-state index contributed by atoms with van der Waals surface area (Å²) >= 11 is 5.86. The van der Waals surface area contributed by atoms with Gasteiger partial charge in [0.1, 0.15) is 11.9 Å². The molecule has 2 aliphatic rings. The van der Waals surface area contributed by atoms with E-state index >= 15 is 0 Å². The van der Waals surface area contributed by atoms with Gasteiger partial charge in [0.2, 0.25) is 11.8 Å². The van der Waals surface area contributed by atoms with Crippen molar-refractivity contribution in [2.24, 2.45) is 5.73 Å². The standard InChI is InChI=1S/C21H18ClFN4O4/c22-11-5-10(6-12(23)7-11)16(24)9-25-13-1-2-14-15(8-13)21(31)27(20(14)30)17-3-4-18(28)26-19(17)29/h1-2,5-8,16-17,25H,3-4,9,24H2,(H,26,28,29). The number of hydrogen-bond acceptors (Lipinski definition) is 6. The van der Waals surface area contributed by atoms with Crippen LogP contribution in [0.4, 0.5) is 10.1 Å². The molecular formula is C21H18ClFN4O4. The first-order valence-corrected chi connectivity index (χ1v) is 9.93. The Balaban J connectivity index is 1.49. The van der Waals surface area contributed by atoms with Gasteiger partial charge in [-0.2, -0.15) is 0 Å². The molecule has 2 aromatic carbocycles. The van der Waals surface area contributed by atoms with Gasteiger partial charge < -0.3 is 11.1 Å². The quantitative estimate of drug-likeness (QED) is 0.606. The number of nitrogens with two attached hydrogens (primary N) is 1. The van der Waals surface area contributed by atoms with Crippen LogP contribution in [0.3, 0.4) is 0 Å². The Labute approximate surface area is 181 Å². The van der Waals surface area contributed by atoms with E-state index in [1.54, 1.807) is 12.1 Å². The van der Waals surface area contributed by atoms with Gasteiger partial charge in [0.05, 0.1) is 11.1 Å². The molecule has 4 rings (SSSR count). The number of carbonyl (C=O) groups is 4. The van der Waals surface area contributed by atoms with Crippen LogP contribution in [0.15, 0.2) is 36.4 Å². The Hall–Kier alpha value is -3.30. The summed E-state index contributed by atoms with van der Waals surface area (Å²) in [6, 6.07) is 7.07. The van der Waals surface area contributed by atoms with Crippen LogP contribution in [0, 0.1) is 5.82 Å². The fraction of sp³-hybridized carbons (Fsp3) is 0.238. The molecule has 4 N–H and O–H groups in total. The number of imide groups is 2. The SMILES string of the molecule is NC(CNc1ccc2c(c1)C(=O)N(C1CCC(=O)NC1=O)C2=O)c1cc(F)cc(Cl)c1. The molecule has 10 heteroatoms. The highest BCUT2D eigenvalue weighted by Gasteiger charge is 2.44. The zero-order valence-electron chi connectivity index (χ0n) is 16.2. The number of nitrogens with one attached hydrogen (secondary N) is 2. The fourth-order valence-corrected chi connectivity index (χ4v) is 3.95. The van der Waals surface area contributed by atoms with Crippen molar-refractivity contribution in [2.75, 3.05) is 11.9 Å². The summed E-state index contributed by atoms with van der Waals surface area (Å²) in [5.41, 5.74) is 7.48. The molecule has 2 aromatic rings. The molecule has 0 radical (unpaired) electrons. The molecule has 0 aromatic heterocycles. The van der Waals surface area contributed by atoms with Crippen LogP contribution in [0.1, 0.15) is 45.2 Å². The van der Waals surface area contributed by atoms with Gasteiger partial charge in [-0.05, 0) is 48.4 Å². The van der Waals surface area contributed by atoms with Crippen molar-refractivity contribution in [3.05, 3.63) is 63.9 Å². The van der Waals surface area contributed by atoms with Gasteiger partial charge in [-0.1, -0.05) is 11.6 Å². The van der Waals surface area contributed by atoms with Crippen LogP contribution in [0.2, 0.25) is 5.02 Å². The highest BCUT2D eigenvalue weighted by molar-refractivity contribution is 6.30. The van der Waals surface area contributed by atoms with Gasteiger partial charge in [-0.25, -0.2) is 4.39 Å². The minimum atomic E-state index is -1.02. The minimum Gasteiger partial charge on any atom is -0.383 e. The minimum absolute atomic E-state index is 0.0542. The van der Waals surface area contributed by atoms with Gasteiger partial charge >= 0.3 is 0 Å². The number of hydrogen-bond donors (Lipinski definition) is 3. The Morgan fingerprint density at radius 1 is 1.13 bits per heavy atom. The first-order chi connectivity index (χ1) is 14.7. The van der Waals surface area contributed by atoms with Crippen LogP contribution >= 0.6 is 11.6 Å². The second-order valence-corrected chi connectivity index (χ2v) is 7.83. The molecule has 0 bridgehead atoms. The molecule has 4 amide bonds. The van der Waals surface area contributed by atoms with Crippen molar-refractivity contribution in [1.29, 1.82) is 0 Å². The number of fused-ring (bicyclic) bond motifs is 1. The maximum Gasteiger partial charge on any atom is 0.262 e. The van der Waals surface area contributed by atoms with E-state index in [1.807, 2.05) is 0 Å². The summed E-state index contributed by atoms with van der Waals surface area (Å²) in [4.78, 5) is 49.9. The van der Waals surface area contributed by atoms with Crippen LogP contribution in [-0.4, -0.2) is 41.1 Å². The number of anilines is 1. The normalized spacial score (nSPS) is 19.3. The third-order valence-corrected chi connectivity index (χ3v) is 5.50. The summed E-state index contributed by atoms with van der Waals surface area (Å²) in [7, 11) is 0. The fourth-order valence-electron chi connectivity index (χ4n) is 3.72. The number of nitrogens with zero attached hydrogens (tertiary/aromatic N) is 1. The molecule has 31 heavy (non-hydrogen) atoms. The zero-order chi connectivity index (χ0) is 22.3. The molecule has 0 spiro atoms. The van der Waals surface area contributed by atoms with Gasteiger partial charge in [-0.3, -0.25) is 29.4 Å². The molecule has 160 valence electrons. The third-order valence-electron chi connectivity index (χ3n) is 5.28. The summed E-state index contributed by atoms with van der Waals surface area (Å²) in [5, 5.41) is 5.45. The molecule has 0 saturated carbocycles. The van der Waals surface area contributed by atoms with Crippen LogP contribution < -0.4 is 16.4 Å². The molecule has 2 unspecified atom stereocenters. The van der Waals surface area contributed by atoms with Gasteiger partial charge in [0.25, 0.3) is 11.8 Å². The second-order valence-electron chi connectivity index (χ2n) is 7.40. The average Bonchev–Trinajstić information content (AvgIpc) is 2.96. The highest BCUT2D eigenvalue weighted by Crippen LogP contribution is 2.30. The van der Waals surface area contributed by atoms with Gasteiger partial charge in [-0.15, -0.1) is 0 Å². The van der Waals surface area contributed by atoms with Crippen LogP contribution in [-0.2, 0) is 9.59 Å². The number of carbonyl (C=O) groups excluding carboxylic acids is 4. The molecule has 8 nitrogen and oxygen atoms in total. The van der Waals surface area contributed by atoms with E-state index in [9.17, 15) is 23.6 Å². The Kier molecular flexibility index (Phi) is 5.47. The van der Waals surface area contributed by atoms with Gasteiger partial charge in [0.15, 0.2) is 0 Å². The first kappa shape index (κ1) is 21.0. The largest absolute Gasteiger partial charge is 0.383 e. The number of benzene rings is 2. The lowest BCUT2D eigenvalue weighted by atomic mass is 10.0. The number of amides is 4. The molecule has 1 saturated heterocycles. The predicted molar refractivity (Wildman–Crippen MR) is 110 cm³/mol. The van der Waals surface area contributed by atoms with E-state index in [-0.39, 0.29) is 35.5 Å². The van der Waals surface area contributed by atoms with E-state index in [4.69, 9.17) is 17.3 Å². The average molecular weight is 445 g/mol. The first-order valence-electron chi connectivity index (χ1n) is 9.55. The lowest BCUT2D eigenvalue weighted by Gasteiger charge is -2.27. The van der Waals surface area contributed by atoms with E-state index in [2.05, 4.69) is 10.6 Å². The molecular weight excluding hydrogens is 427 g/mol. The van der Waals surface area contributed by atoms with Crippen molar-refractivity contribution < 1.29 is 23.6 Å². The lowest BCUT2D eigenvalue weighted by molar-refractivity contribution is -0.136. The molecule has 0 aliphatic carbocycles. The van der Waals surface area contributed by atoms with Crippen molar-refractivity contribution in [3.63, 3.8) is 0 Å². The Morgan fingerprint density at radius 3 is 2.58 bits per heavy atom. The number of halogens is 2. The summed E-state index contributed by atoms with van der Waals surface area (Å²) < 4.78 is 13.5. The second kappa shape index (κ2) is 8.09. The molecule has 2 atom stereocenters.